The molecule has 0 aliphatic rings. The minimum atomic E-state index is -0.0341. The summed E-state index contributed by atoms with van der Waals surface area (Å²) in [6.07, 6.45) is 0.763. The van der Waals surface area contributed by atoms with Gasteiger partial charge in [0.15, 0.2) is 0 Å². The van der Waals surface area contributed by atoms with Crippen LogP contribution in [0.15, 0.2) is 46.9 Å². The van der Waals surface area contributed by atoms with Crippen LogP contribution < -0.4 is 10.5 Å². The van der Waals surface area contributed by atoms with Crippen molar-refractivity contribution in [3.05, 3.63) is 63.6 Å². The highest BCUT2D eigenvalue weighted by Gasteiger charge is 2.11. The fourth-order valence-electron chi connectivity index (χ4n) is 2.07. The summed E-state index contributed by atoms with van der Waals surface area (Å²) in [7, 11) is 1.69. The van der Waals surface area contributed by atoms with E-state index in [1.54, 1.807) is 7.11 Å². The molecule has 0 saturated heterocycles. The largest absolute Gasteiger partial charge is 0.496 e. The maximum absolute atomic E-state index is 6.29. The van der Waals surface area contributed by atoms with Crippen molar-refractivity contribution < 1.29 is 4.74 Å². The van der Waals surface area contributed by atoms with E-state index in [1.165, 1.54) is 5.56 Å². The van der Waals surface area contributed by atoms with Crippen molar-refractivity contribution in [1.82, 2.24) is 0 Å². The van der Waals surface area contributed by atoms with Gasteiger partial charge in [0.1, 0.15) is 5.75 Å². The van der Waals surface area contributed by atoms with Crippen molar-refractivity contribution in [2.45, 2.75) is 19.4 Å². The Morgan fingerprint density at radius 3 is 2.63 bits per heavy atom. The fraction of sp³-hybridized carbons (Fsp3) is 0.250. The molecule has 1 atom stereocenters. The van der Waals surface area contributed by atoms with E-state index in [9.17, 15) is 0 Å². The van der Waals surface area contributed by atoms with Crippen LogP contribution in [0.3, 0.4) is 0 Å². The van der Waals surface area contributed by atoms with Crippen molar-refractivity contribution >= 4 is 15.9 Å². The maximum Gasteiger partial charge on any atom is 0.122 e. The highest BCUT2D eigenvalue weighted by molar-refractivity contribution is 9.10. The Kier molecular flexibility index (Phi) is 4.61. The Morgan fingerprint density at radius 1 is 1.21 bits per heavy atom. The second-order valence-electron chi connectivity index (χ2n) is 4.63. The summed E-state index contributed by atoms with van der Waals surface area (Å²) in [5, 5.41) is 0. The second kappa shape index (κ2) is 6.22. The van der Waals surface area contributed by atoms with E-state index in [2.05, 4.69) is 47.1 Å². The van der Waals surface area contributed by atoms with Gasteiger partial charge in [-0.2, -0.15) is 0 Å². The minimum absolute atomic E-state index is 0.0341. The van der Waals surface area contributed by atoms with E-state index in [4.69, 9.17) is 10.5 Å². The molecule has 2 rings (SSSR count). The molecule has 2 aromatic carbocycles. The van der Waals surface area contributed by atoms with E-state index in [0.29, 0.717) is 0 Å². The first kappa shape index (κ1) is 14.1. The van der Waals surface area contributed by atoms with E-state index in [0.717, 1.165) is 27.8 Å². The first-order valence-electron chi connectivity index (χ1n) is 6.25. The van der Waals surface area contributed by atoms with Gasteiger partial charge >= 0.3 is 0 Å². The lowest BCUT2D eigenvalue weighted by Crippen LogP contribution is -2.14. The SMILES string of the molecule is COc1ccccc1CC(N)c1ccc(C)c(Br)c1. The molecule has 0 aliphatic heterocycles. The Morgan fingerprint density at radius 2 is 1.95 bits per heavy atom. The highest BCUT2D eigenvalue weighted by Crippen LogP contribution is 2.26. The van der Waals surface area contributed by atoms with Crippen molar-refractivity contribution in [2.24, 2.45) is 5.73 Å². The van der Waals surface area contributed by atoms with Crippen molar-refractivity contribution in [3.8, 4) is 5.75 Å². The van der Waals surface area contributed by atoms with Gasteiger partial charge in [0, 0.05) is 10.5 Å². The van der Waals surface area contributed by atoms with Crippen molar-refractivity contribution in [2.75, 3.05) is 7.11 Å². The van der Waals surface area contributed by atoms with Crippen LogP contribution in [0, 0.1) is 6.92 Å². The van der Waals surface area contributed by atoms with Gasteiger partial charge in [-0.1, -0.05) is 46.3 Å². The molecular formula is C16H18BrNO. The summed E-state index contributed by atoms with van der Waals surface area (Å²) in [4.78, 5) is 0. The lowest BCUT2D eigenvalue weighted by atomic mass is 9.98. The van der Waals surface area contributed by atoms with Gasteiger partial charge in [0.25, 0.3) is 0 Å². The molecule has 19 heavy (non-hydrogen) atoms. The molecule has 0 bridgehead atoms. The summed E-state index contributed by atoms with van der Waals surface area (Å²) in [6, 6.07) is 14.2. The topological polar surface area (TPSA) is 35.2 Å². The third-order valence-electron chi connectivity index (χ3n) is 3.26. The number of halogens is 1. The van der Waals surface area contributed by atoms with Gasteiger partial charge in [-0.25, -0.2) is 0 Å². The Hall–Kier alpha value is -1.32. The zero-order chi connectivity index (χ0) is 13.8. The number of para-hydroxylation sites is 1. The number of hydrogen-bond donors (Lipinski definition) is 1. The third-order valence-corrected chi connectivity index (χ3v) is 4.11. The number of benzene rings is 2. The summed E-state index contributed by atoms with van der Waals surface area (Å²) >= 11 is 3.55. The molecule has 0 amide bonds. The molecule has 0 fully saturated rings. The van der Waals surface area contributed by atoms with Crippen molar-refractivity contribution in [1.29, 1.82) is 0 Å². The van der Waals surface area contributed by atoms with Crippen LogP contribution in [0.4, 0.5) is 0 Å². The molecule has 2 aromatic rings. The first-order valence-corrected chi connectivity index (χ1v) is 7.04. The van der Waals surface area contributed by atoms with E-state index >= 15 is 0 Å². The van der Waals surface area contributed by atoms with Crippen LogP contribution in [0.1, 0.15) is 22.7 Å². The van der Waals surface area contributed by atoms with Gasteiger partial charge in [0.2, 0.25) is 0 Å². The smallest absolute Gasteiger partial charge is 0.122 e. The number of rotatable bonds is 4. The van der Waals surface area contributed by atoms with Crippen LogP contribution in [0.2, 0.25) is 0 Å². The van der Waals surface area contributed by atoms with Gasteiger partial charge in [0.05, 0.1) is 7.11 Å². The number of methoxy groups -OCH3 is 1. The average Bonchev–Trinajstić information content (AvgIpc) is 2.42. The molecule has 100 valence electrons. The fourth-order valence-corrected chi connectivity index (χ4v) is 2.46. The quantitative estimate of drug-likeness (QED) is 0.924. The number of ether oxygens (including phenoxy) is 1. The van der Waals surface area contributed by atoms with Crippen LogP contribution in [-0.2, 0) is 6.42 Å². The summed E-state index contributed by atoms with van der Waals surface area (Å²) < 4.78 is 6.46. The van der Waals surface area contributed by atoms with Crippen LogP contribution in [-0.4, -0.2) is 7.11 Å². The first-order chi connectivity index (χ1) is 9.11. The van der Waals surface area contributed by atoms with Gasteiger partial charge in [-0.3, -0.25) is 0 Å². The monoisotopic (exact) mass is 319 g/mol. The molecule has 0 spiro atoms. The molecule has 0 radical (unpaired) electrons. The van der Waals surface area contributed by atoms with Gasteiger partial charge in [-0.15, -0.1) is 0 Å². The second-order valence-corrected chi connectivity index (χ2v) is 5.49. The number of aryl methyl sites for hydroxylation is 1. The lowest BCUT2D eigenvalue weighted by molar-refractivity contribution is 0.408. The molecule has 0 aromatic heterocycles. The molecule has 3 heteroatoms. The predicted molar refractivity (Wildman–Crippen MR) is 82.5 cm³/mol. The zero-order valence-corrected chi connectivity index (χ0v) is 12.8. The van der Waals surface area contributed by atoms with Crippen LogP contribution in [0.25, 0.3) is 0 Å². The van der Waals surface area contributed by atoms with Crippen LogP contribution >= 0.6 is 15.9 Å². The van der Waals surface area contributed by atoms with E-state index in [1.807, 2.05) is 18.2 Å². The van der Waals surface area contributed by atoms with E-state index < -0.39 is 0 Å². The molecule has 0 saturated carbocycles. The van der Waals surface area contributed by atoms with Crippen LogP contribution in [0.5, 0.6) is 5.75 Å². The lowest BCUT2D eigenvalue weighted by Gasteiger charge is -2.15. The Bertz CT molecular complexity index is 568. The molecule has 1 unspecified atom stereocenters. The molecular weight excluding hydrogens is 302 g/mol. The highest BCUT2D eigenvalue weighted by atomic mass is 79.9. The van der Waals surface area contributed by atoms with Gasteiger partial charge < -0.3 is 10.5 Å². The predicted octanol–water partition coefficient (Wildman–Crippen LogP) is 4.01. The van der Waals surface area contributed by atoms with E-state index in [-0.39, 0.29) is 6.04 Å². The summed E-state index contributed by atoms with van der Waals surface area (Å²) in [6.45, 7) is 2.07. The number of hydrogen-bond acceptors (Lipinski definition) is 2. The zero-order valence-electron chi connectivity index (χ0n) is 11.2. The maximum atomic E-state index is 6.29. The molecule has 2 nitrogen and oxygen atoms in total. The summed E-state index contributed by atoms with van der Waals surface area (Å²) in [5.74, 6) is 0.893. The Labute approximate surface area is 122 Å². The normalized spacial score (nSPS) is 12.2. The standard InChI is InChI=1S/C16H18BrNO/c1-11-7-8-12(9-14(11)17)15(18)10-13-5-3-4-6-16(13)19-2/h3-9,15H,10,18H2,1-2H3. The average molecular weight is 320 g/mol. The molecule has 2 N–H and O–H groups in total. The van der Waals surface area contributed by atoms with Crippen molar-refractivity contribution in [3.63, 3.8) is 0 Å². The number of nitrogens with two attached hydrogens (primary N) is 1. The minimum Gasteiger partial charge on any atom is -0.496 e. The summed E-state index contributed by atoms with van der Waals surface area (Å²) in [5.41, 5.74) is 9.77. The Balaban J connectivity index is 2.20. The third kappa shape index (κ3) is 3.37. The molecule has 0 heterocycles. The van der Waals surface area contributed by atoms with Gasteiger partial charge in [-0.05, 0) is 42.2 Å². The molecule has 0 aliphatic carbocycles.